The van der Waals surface area contributed by atoms with Crippen LogP contribution in [0.3, 0.4) is 0 Å². The second-order valence-electron chi connectivity index (χ2n) is 7.82. The third kappa shape index (κ3) is 7.72. The lowest BCUT2D eigenvalue weighted by molar-refractivity contribution is -0.150. The number of benzene rings is 1. The van der Waals surface area contributed by atoms with Crippen LogP contribution in [0.5, 0.6) is 11.5 Å². The highest BCUT2D eigenvalue weighted by atomic mass is 16.5. The Balaban J connectivity index is 2.25. The van der Waals surface area contributed by atoms with Crippen LogP contribution in [0.1, 0.15) is 57.9 Å². The van der Waals surface area contributed by atoms with Crippen molar-refractivity contribution in [3.05, 3.63) is 23.8 Å². The summed E-state index contributed by atoms with van der Waals surface area (Å²) in [5, 5.41) is 20.5. The van der Waals surface area contributed by atoms with Gasteiger partial charge in [0.25, 0.3) is 0 Å². The summed E-state index contributed by atoms with van der Waals surface area (Å²) in [6.07, 6.45) is 3.90. The number of hydrogen-bond donors (Lipinski definition) is 2. The van der Waals surface area contributed by atoms with Crippen molar-refractivity contribution in [1.29, 1.82) is 0 Å². The molecule has 0 amide bonds. The molecule has 30 heavy (non-hydrogen) atoms. The number of phenols is 1. The standard InChI is InChI=1S/C24H32O6/c1-3-18-6-4-7-20(23(30-17(2)26)16-21(27)10-8-18)14-19-9-11-22(28)24(15-19)29-13-5-12-25/h9,11-12,15,18,20-21,23,27-28H,3,5,7-8,10,13-14,16H2,1-2H3/t18-,20+,21+,23+/m1/s1. The summed E-state index contributed by atoms with van der Waals surface area (Å²) in [5.41, 5.74) is 0.899. The Morgan fingerprint density at radius 3 is 2.83 bits per heavy atom. The van der Waals surface area contributed by atoms with E-state index in [1.807, 2.05) is 0 Å². The van der Waals surface area contributed by atoms with Crippen molar-refractivity contribution < 1.29 is 29.3 Å². The number of esters is 1. The SMILES string of the molecule is CC[C@@H]1C#CC[C@@H](Cc2ccc(O)c(OCCC=O)c2)[C@@H](OC(C)=O)C[C@@H](O)CC1. The molecule has 1 aromatic rings. The van der Waals surface area contributed by atoms with Crippen molar-refractivity contribution in [3.8, 4) is 23.3 Å². The van der Waals surface area contributed by atoms with Gasteiger partial charge in [0, 0.05) is 38.0 Å². The first-order valence-electron chi connectivity index (χ1n) is 10.6. The molecule has 0 heterocycles. The summed E-state index contributed by atoms with van der Waals surface area (Å²) in [7, 11) is 0. The lowest BCUT2D eigenvalue weighted by Gasteiger charge is -2.28. The Labute approximate surface area is 178 Å². The number of hydrogen-bond acceptors (Lipinski definition) is 6. The number of carbonyl (C=O) groups is 2. The molecule has 0 saturated heterocycles. The lowest BCUT2D eigenvalue weighted by atomic mass is 9.85. The van der Waals surface area contributed by atoms with E-state index < -0.39 is 12.2 Å². The fourth-order valence-corrected chi connectivity index (χ4v) is 3.70. The van der Waals surface area contributed by atoms with Gasteiger partial charge in [0.1, 0.15) is 12.4 Å². The van der Waals surface area contributed by atoms with Gasteiger partial charge >= 0.3 is 5.97 Å². The summed E-state index contributed by atoms with van der Waals surface area (Å²) in [6.45, 7) is 3.66. The molecule has 0 fully saturated rings. The minimum absolute atomic E-state index is 0.00754. The second-order valence-corrected chi connectivity index (χ2v) is 7.82. The zero-order valence-corrected chi connectivity index (χ0v) is 17.8. The molecule has 2 rings (SSSR count). The Bertz CT molecular complexity index is 763. The summed E-state index contributed by atoms with van der Waals surface area (Å²) in [5.74, 6) is 6.68. The number of aldehydes is 1. The van der Waals surface area contributed by atoms with Crippen LogP contribution in [0.4, 0.5) is 0 Å². The molecular weight excluding hydrogens is 384 g/mol. The van der Waals surface area contributed by atoms with E-state index in [2.05, 4.69) is 18.8 Å². The molecule has 6 heteroatoms. The molecule has 164 valence electrons. The Kier molecular flexibility index (Phi) is 9.69. The van der Waals surface area contributed by atoms with Crippen molar-refractivity contribution >= 4 is 12.3 Å². The predicted octanol–water partition coefficient (Wildman–Crippen LogP) is 3.41. The molecule has 0 radical (unpaired) electrons. The van der Waals surface area contributed by atoms with Gasteiger partial charge in [0.05, 0.1) is 12.7 Å². The number of ether oxygens (including phenoxy) is 2. The van der Waals surface area contributed by atoms with Crippen LogP contribution in [0.2, 0.25) is 0 Å². The molecule has 0 bridgehead atoms. The van der Waals surface area contributed by atoms with Crippen LogP contribution in [0, 0.1) is 23.7 Å². The number of aliphatic hydroxyl groups excluding tert-OH is 1. The summed E-state index contributed by atoms with van der Waals surface area (Å²) < 4.78 is 11.1. The van der Waals surface area contributed by atoms with Gasteiger partial charge in [-0.15, -0.1) is 5.92 Å². The highest BCUT2D eigenvalue weighted by Crippen LogP contribution is 2.31. The highest BCUT2D eigenvalue weighted by Gasteiger charge is 2.28. The largest absolute Gasteiger partial charge is 0.504 e. The molecular formula is C24H32O6. The van der Waals surface area contributed by atoms with Crippen LogP contribution in [-0.4, -0.2) is 41.3 Å². The van der Waals surface area contributed by atoms with E-state index in [9.17, 15) is 19.8 Å². The third-order valence-electron chi connectivity index (χ3n) is 5.37. The molecule has 0 saturated carbocycles. The maximum atomic E-state index is 11.7. The number of aromatic hydroxyl groups is 1. The van der Waals surface area contributed by atoms with Crippen LogP contribution < -0.4 is 4.74 Å². The monoisotopic (exact) mass is 416 g/mol. The molecule has 0 unspecified atom stereocenters. The van der Waals surface area contributed by atoms with E-state index in [0.717, 1.165) is 24.7 Å². The average Bonchev–Trinajstić information content (AvgIpc) is 2.70. The van der Waals surface area contributed by atoms with E-state index >= 15 is 0 Å². The van der Waals surface area contributed by atoms with Gasteiger partial charge in [0.2, 0.25) is 0 Å². The Hall–Kier alpha value is -2.52. The van der Waals surface area contributed by atoms with Gasteiger partial charge < -0.3 is 24.5 Å². The number of carbonyl (C=O) groups excluding carboxylic acids is 2. The van der Waals surface area contributed by atoms with Gasteiger partial charge in [-0.1, -0.05) is 18.9 Å². The van der Waals surface area contributed by atoms with E-state index in [4.69, 9.17) is 9.47 Å². The number of aliphatic hydroxyl groups is 1. The molecule has 1 aliphatic carbocycles. The van der Waals surface area contributed by atoms with Crippen molar-refractivity contribution in [2.45, 2.75) is 71.0 Å². The molecule has 0 aliphatic heterocycles. The normalized spacial score (nSPS) is 24.2. The predicted molar refractivity (Wildman–Crippen MR) is 113 cm³/mol. The topological polar surface area (TPSA) is 93.1 Å². The zero-order valence-electron chi connectivity index (χ0n) is 17.8. The average molecular weight is 417 g/mol. The molecule has 1 aliphatic rings. The van der Waals surface area contributed by atoms with Crippen LogP contribution in [-0.2, 0) is 20.7 Å². The fraction of sp³-hybridized carbons (Fsp3) is 0.583. The first-order valence-corrected chi connectivity index (χ1v) is 10.6. The fourth-order valence-electron chi connectivity index (χ4n) is 3.70. The van der Waals surface area contributed by atoms with Gasteiger partial charge in [-0.2, -0.15) is 0 Å². The smallest absolute Gasteiger partial charge is 0.302 e. The summed E-state index contributed by atoms with van der Waals surface area (Å²) in [4.78, 5) is 22.2. The number of phenolic OH excluding ortho intramolecular Hbond substituents is 1. The molecule has 6 nitrogen and oxygen atoms in total. The minimum atomic E-state index is -0.548. The van der Waals surface area contributed by atoms with Crippen molar-refractivity contribution in [1.82, 2.24) is 0 Å². The van der Waals surface area contributed by atoms with E-state index in [-0.39, 0.29) is 36.6 Å². The van der Waals surface area contributed by atoms with E-state index in [1.165, 1.54) is 6.92 Å². The highest BCUT2D eigenvalue weighted by molar-refractivity contribution is 5.66. The van der Waals surface area contributed by atoms with E-state index in [1.54, 1.807) is 18.2 Å². The molecule has 0 spiro atoms. The minimum Gasteiger partial charge on any atom is -0.504 e. The Morgan fingerprint density at radius 2 is 2.13 bits per heavy atom. The molecule has 2 N–H and O–H groups in total. The molecule has 4 atom stereocenters. The van der Waals surface area contributed by atoms with Gasteiger partial charge in [-0.05, 0) is 43.4 Å². The van der Waals surface area contributed by atoms with Gasteiger partial charge in [-0.25, -0.2) is 0 Å². The lowest BCUT2D eigenvalue weighted by Crippen LogP contribution is -2.32. The van der Waals surface area contributed by atoms with Crippen LogP contribution >= 0.6 is 0 Å². The maximum absolute atomic E-state index is 11.7. The first-order chi connectivity index (χ1) is 14.4. The van der Waals surface area contributed by atoms with Crippen LogP contribution in [0.15, 0.2) is 18.2 Å². The van der Waals surface area contributed by atoms with E-state index in [0.29, 0.717) is 31.4 Å². The van der Waals surface area contributed by atoms with Crippen LogP contribution in [0.25, 0.3) is 0 Å². The first kappa shape index (κ1) is 23.8. The molecule has 0 aromatic heterocycles. The van der Waals surface area contributed by atoms with Gasteiger partial charge in [0.15, 0.2) is 11.5 Å². The van der Waals surface area contributed by atoms with Crippen molar-refractivity contribution in [2.75, 3.05) is 6.61 Å². The Morgan fingerprint density at radius 1 is 1.33 bits per heavy atom. The van der Waals surface area contributed by atoms with Crippen molar-refractivity contribution in [2.24, 2.45) is 11.8 Å². The quantitative estimate of drug-likeness (QED) is 0.292. The number of rotatable bonds is 8. The molecule has 1 aromatic carbocycles. The zero-order chi connectivity index (χ0) is 21.9. The van der Waals surface area contributed by atoms with Gasteiger partial charge in [-0.3, -0.25) is 4.79 Å². The van der Waals surface area contributed by atoms with Crippen molar-refractivity contribution in [3.63, 3.8) is 0 Å². The third-order valence-corrected chi connectivity index (χ3v) is 5.37. The maximum Gasteiger partial charge on any atom is 0.302 e. The summed E-state index contributed by atoms with van der Waals surface area (Å²) >= 11 is 0. The second kappa shape index (κ2) is 12.2. The summed E-state index contributed by atoms with van der Waals surface area (Å²) in [6, 6.07) is 5.09.